The number of carbonyl (C=O) groups is 1. The lowest BCUT2D eigenvalue weighted by Gasteiger charge is -2.05. The van der Waals surface area contributed by atoms with E-state index < -0.39 is 0 Å². The number of rotatable bonds is 4. The van der Waals surface area contributed by atoms with Crippen LogP contribution in [0.5, 0.6) is 0 Å². The predicted molar refractivity (Wildman–Crippen MR) is 81.0 cm³/mol. The van der Waals surface area contributed by atoms with Gasteiger partial charge in [0.05, 0.1) is 0 Å². The quantitative estimate of drug-likeness (QED) is 0.737. The van der Waals surface area contributed by atoms with Crippen molar-refractivity contribution in [2.75, 3.05) is 11.9 Å². The minimum Gasteiger partial charge on any atom is -0.330 e. The topological polar surface area (TPSA) is 55.1 Å². The van der Waals surface area contributed by atoms with E-state index in [9.17, 15) is 4.79 Å². The summed E-state index contributed by atoms with van der Waals surface area (Å²) in [5.74, 6) is 0.0126. The second kappa shape index (κ2) is 8.27. The number of nitrogens with one attached hydrogen (secondary N) is 1. The summed E-state index contributed by atoms with van der Waals surface area (Å²) in [5.41, 5.74) is 6.15. The number of hydrogen-bond donors (Lipinski definition) is 2. The van der Waals surface area contributed by atoms with E-state index in [1.54, 1.807) is 0 Å². The minimum absolute atomic E-state index is 0. The van der Waals surface area contributed by atoms with Crippen LogP contribution in [0.1, 0.15) is 12.8 Å². The van der Waals surface area contributed by atoms with Gasteiger partial charge in [-0.05, 0) is 69.7 Å². The van der Waals surface area contributed by atoms with Crippen LogP contribution in [0.25, 0.3) is 0 Å². The lowest BCUT2D eigenvalue weighted by molar-refractivity contribution is -0.116. The number of nitrogens with two attached hydrogens (primary N) is 1. The van der Waals surface area contributed by atoms with Crippen molar-refractivity contribution in [1.29, 1.82) is 0 Å². The largest absolute Gasteiger partial charge is 0.330 e. The van der Waals surface area contributed by atoms with E-state index in [2.05, 4.69) is 43.8 Å². The van der Waals surface area contributed by atoms with Gasteiger partial charge in [-0.3, -0.25) is 4.79 Å². The molecule has 0 bridgehead atoms. The van der Waals surface area contributed by atoms with Gasteiger partial charge in [-0.25, -0.2) is 0 Å². The fraction of sp³-hybridized carbons (Fsp3) is 0.300. The Morgan fingerprint density at radius 1 is 1.50 bits per heavy atom. The lowest BCUT2D eigenvalue weighted by Crippen LogP contribution is -2.13. The average molecular weight is 419 g/mol. The molecule has 0 aliphatic rings. The van der Waals surface area contributed by atoms with Gasteiger partial charge >= 0.3 is 0 Å². The molecule has 0 atom stereocenters. The number of amides is 1. The second-order valence-corrected chi connectivity index (χ2v) is 5.09. The van der Waals surface area contributed by atoms with E-state index in [4.69, 9.17) is 5.73 Å². The van der Waals surface area contributed by atoms with Crippen LogP contribution in [-0.4, -0.2) is 12.5 Å². The van der Waals surface area contributed by atoms with Crippen molar-refractivity contribution in [1.82, 2.24) is 0 Å². The Kier molecular flexibility index (Phi) is 8.35. The first-order valence-corrected chi connectivity index (χ1v) is 6.45. The van der Waals surface area contributed by atoms with E-state index in [0.717, 1.165) is 20.2 Å². The third kappa shape index (κ3) is 5.47. The molecule has 0 aliphatic heterocycles. The lowest BCUT2D eigenvalue weighted by atomic mass is 10.2. The Hall–Kier alpha value is 0.150. The number of halogens is 3. The van der Waals surface area contributed by atoms with Gasteiger partial charge in [0, 0.05) is 20.2 Å². The van der Waals surface area contributed by atoms with Crippen molar-refractivity contribution < 1.29 is 4.79 Å². The summed E-state index contributed by atoms with van der Waals surface area (Å²) in [5, 5.41) is 2.82. The first-order valence-electron chi connectivity index (χ1n) is 4.58. The second-order valence-electron chi connectivity index (χ2n) is 3.07. The van der Waals surface area contributed by atoms with Gasteiger partial charge in [-0.2, -0.15) is 0 Å². The number of hydrogen-bond acceptors (Lipinski definition) is 2. The highest BCUT2D eigenvalue weighted by Crippen LogP contribution is 2.22. The molecule has 3 nitrogen and oxygen atoms in total. The first kappa shape index (κ1) is 16.1. The SMILES string of the molecule is Cl.NCCCC(=O)Nc1ccc(Br)c(I)c1. The van der Waals surface area contributed by atoms with E-state index in [-0.39, 0.29) is 18.3 Å². The third-order valence-corrected chi connectivity index (χ3v) is 4.14. The molecule has 0 unspecified atom stereocenters. The molecule has 0 saturated heterocycles. The van der Waals surface area contributed by atoms with Crippen LogP contribution in [0.4, 0.5) is 5.69 Å². The Labute approximate surface area is 123 Å². The zero-order chi connectivity index (χ0) is 11.3. The van der Waals surface area contributed by atoms with Crippen LogP contribution in [0.15, 0.2) is 22.7 Å². The summed E-state index contributed by atoms with van der Waals surface area (Å²) in [6.07, 6.45) is 1.20. The Morgan fingerprint density at radius 2 is 2.19 bits per heavy atom. The Morgan fingerprint density at radius 3 is 2.75 bits per heavy atom. The molecule has 90 valence electrons. The zero-order valence-electron chi connectivity index (χ0n) is 8.50. The van der Waals surface area contributed by atoms with Crippen molar-refractivity contribution >= 4 is 62.5 Å². The van der Waals surface area contributed by atoms with Gasteiger partial charge in [0.1, 0.15) is 0 Å². The van der Waals surface area contributed by atoms with Crippen LogP contribution in [0.2, 0.25) is 0 Å². The number of carbonyl (C=O) groups excluding carboxylic acids is 1. The summed E-state index contributed by atoms with van der Waals surface area (Å²) in [4.78, 5) is 11.4. The standard InChI is InChI=1S/C10H12BrIN2O.ClH/c11-8-4-3-7(6-9(8)12)14-10(15)2-1-5-13;/h3-4,6H,1-2,5,13H2,(H,14,15);1H. The highest BCUT2D eigenvalue weighted by molar-refractivity contribution is 14.1. The monoisotopic (exact) mass is 418 g/mol. The van der Waals surface area contributed by atoms with Gasteiger partial charge in [0.15, 0.2) is 0 Å². The van der Waals surface area contributed by atoms with Crippen molar-refractivity contribution in [2.45, 2.75) is 12.8 Å². The van der Waals surface area contributed by atoms with E-state index in [0.29, 0.717) is 13.0 Å². The molecule has 1 amide bonds. The van der Waals surface area contributed by atoms with Crippen molar-refractivity contribution in [2.24, 2.45) is 5.73 Å². The maximum Gasteiger partial charge on any atom is 0.224 e. The molecule has 1 rings (SSSR count). The van der Waals surface area contributed by atoms with E-state index >= 15 is 0 Å². The van der Waals surface area contributed by atoms with Crippen molar-refractivity contribution in [3.63, 3.8) is 0 Å². The molecule has 0 heterocycles. The minimum atomic E-state index is 0. The fourth-order valence-electron chi connectivity index (χ4n) is 1.06. The zero-order valence-corrected chi connectivity index (χ0v) is 13.1. The van der Waals surface area contributed by atoms with Crippen LogP contribution in [-0.2, 0) is 4.79 Å². The number of benzene rings is 1. The highest BCUT2D eigenvalue weighted by Gasteiger charge is 2.03. The van der Waals surface area contributed by atoms with Gasteiger partial charge in [-0.15, -0.1) is 12.4 Å². The molecule has 0 aromatic heterocycles. The normalized spacial score (nSPS) is 9.44. The molecule has 16 heavy (non-hydrogen) atoms. The molecular formula is C10H13BrClIN2O. The van der Waals surface area contributed by atoms with Gasteiger partial charge < -0.3 is 11.1 Å². The summed E-state index contributed by atoms with van der Waals surface area (Å²) >= 11 is 5.61. The number of anilines is 1. The summed E-state index contributed by atoms with van der Waals surface area (Å²) in [6, 6.07) is 5.71. The maximum atomic E-state index is 11.4. The Bertz CT molecular complexity index is 363. The summed E-state index contributed by atoms with van der Waals surface area (Å²) < 4.78 is 2.10. The summed E-state index contributed by atoms with van der Waals surface area (Å²) in [6.45, 7) is 0.547. The molecule has 0 aliphatic carbocycles. The molecule has 0 radical (unpaired) electrons. The van der Waals surface area contributed by atoms with Gasteiger partial charge in [0.2, 0.25) is 5.91 Å². The van der Waals surface area contributed by atoms with Gasteiger partial charge in [0.25, 0.3) is 0 Å². The molecule has 0 spiro atoms. The molecule has 0 fully saturated rings. The van der Waals surface area contributed by atoms with Crippen molar-refractivity contribution in [3.05, 3.63) is 26.2 Å². The maximum absolute atomic E-state index is 11.4. The van der Waals surface area contributed by atoms with Crippen LogP contribution >= 0.6 is 50.9 Å². The van der Waals surface area contributed by atoms with E-state index in [1.807, 2.05) is 18.2 Å². The predicted octanol–water partition coefficient (Wildman–Crippen LogP) is 3.15. The molecule has 1 aromatic rings. The first-order chi connectivity index (χ1) is 7.13. The molecule has 6 heteroatoms. The highest BCUT2D eigenvalue weighted by atomic mass is 127. The van der Waals surface area contributed by atoms with Crippen LogP contribution in [0.3, 0.4) is 0 Å². The fourth-order valence-corrected chi connectivity index (χ4v) is 1.82. The van der Waals surface area contributed by atoms with Gasteiger partial charge in [-0.1, -0.05) is 0 Å². The molecular weight excluding hydrogens is 406 g/mol. The van der Waals surface area contributed by atoms with Crippen LogP contribution in [0, 0.1) is 3.57 Å². The molecule has 0 saturated carbocycles. The van der Waals surface area contributed by atoms with Crippen molar-refractivity contribution in [3.8, 4) is 0 Å². The molecule has 1 aromatic carbocycles. The van der Waals surface area contributed by atoms with E-state index in [1.165, 1.54) is 0 Å². The Balaban J connectivity index is 0.00000225. The smallest absolute Gasteiger partial charge is 0.224 e. The summed E-state index contributed by atoms with van der Waals surface area (Å²) in [7, 11) is 0. The third-order valence-electron chi connectivity index (χ3n) is 1.81. The van der Waals surface area contributed by atoms with Crippen LogP contribution < -0.4 is 11.1 Å². The molecule has 3 N–H and O–H groups in total. The average Bonchev–Trinajstić information content (AvgIpc) is 2.20.